The molecule has 0 amide bonds. The van der Waals surface area contributed by atoms with Gasteiger partial charge < -0.3 is 0 Å². The first-order valence-electron chi connectivity index (χ1n) is 3.69. The number of ketones is 1. The standard InChI is InChI=1S/C9H7Br2IO/c10-4-3-9(13)7-2-1-6(12)5-8(7)11/h1-2,5H,3-4H2. The zero-order valence-corrected chi connectivity index (χ0v) is 12.0. The molecule has 0 aliphatic heterocycles. The topological polar surface area (TPSA) is 17.1 Å². The molecule has 0 spiro atoms. The van der Waals surface area contributed by atoms with Crippen LogP contribution in [0.5, 0.6) is 0 Å². The Bertz CT molecular complexity index is 325. The van der Waals surface area contributed by atoms with Crippen LogP contribution in [0.1, 0.15) is 16.8 Å². The van der Waals surface area contributed by atoms with Crippen molar-refractivity contribution in [3.8, 4) is 0 Å². The average molecular weight is 418 g/mol. The van der Waals surface area contributed by atoms with Crippen LogP contribution in [0.3, 0.4) is 0 Å². The summed E-state index contributed by atoms with van der Waals surface area (Å²) in [4.78, 5) is 11.5. The summed E-state index contributed by atoms with van der Waals surface area (Å²) in [6.45, 7) is 0. The van der Waals surface area contributed by atoms with E-state index >= 15 is 0 Å². The number of hydrogen-bond acceptors (Lipinski definition) is 1. The second-order valence-electron chi connectivity index (χ2n) is 2.49. The Morgan fingerprint density at radius 1 is 1.46 bits per heavy atom. The van der Waals surface area contributed by atoms with Crippen molar-refractivity contribution in [3.63, 3.8) is 0 Å². The van der Waals surface area contributed by atoms with Crippen LogP contribution in [-0.4, -0.2) is 11.1 Å². The van der Waals surface area contributed by atoms with Crippen molar-refractivity contribution in [3.05, 3.63) is 31.8 Å². The van der Waals surface area contributed by atoms with E-state index in [1.54, 1.807) is 0 Å². The van der Waals surface area contributed by atoms with Gasteiger partial charge in [0.1, 0.15) is 0 Å². The molecule has 13 heavy (non-hydrogen) atoms. The summed E-state index contributed by atoms with van der Waals surface area (Å²) in [6, 6.07) is 5.74. The molecular formula is C9H7Br2IO. The summed E-state index contributed by atoms with van der Waals surface area (Å²) >= 11 is 8.84. The van der Waals surface area contributed by atoms with Crippen molar-refractivity contribution in [1.29, 1.82) is 0 Å². The molecule has 0 N–H and O–H groups in total. The maximum atomic E-state index is 11.5. The maximum Gasteiger partial charge on any atom is 0.164 e. The fourth-order valence-corrected chi connectivity index (χ4v) is 2.82. The second-order valence-corrected chi connectivity index (χ2v) is 5.38. The zero-order chi connectivity index (χ0) is 9.84. The molecule has 0 bridgehead atoms. The summed E-state index contributed by atoms with van der Waals surface area (Å²) in [5.41, 5.74) is 0.764. The Labute approximate surface area is 108 Å². The van der Waals surface area contributed by atoms with Crippen LogP contribution in [0.15, 0.2) is 22.7 Å². The SMILES string of the molecule is O=C(CCBr)c1ccc(I)cc1Br. The Morgan fingerprint density at radius 2 is 2.15 bits per heavy atom. The minimum atomic E-state index is 0.167. The fraction of sp³-hybridized carbons (Fsp3) is 0.222. The van der Waals surface area contributed by atoms with Gasteiger partial charge in [-0.2, -0.15) is 0 Å². The third kappa shape index (κ3) is 3.32. The van der Waals surface area contributed by atoms with E-state index < -0.39 is 0 Å². The largest absolute Gasteiger partial charge is 0.294 e. The van der Waals surface area contributed by atoms with Gasteiger partial charge in [0.2, 0.25) is 0 Å². The van der Waals surface area contributed by atoms with Crippen molar-refractivity contribution >= 4 is 60.2 Å². The van der Waals surface area contributed by atoms with E-state index in [2.05, 4.69) is 54.5 Å². The minimum Gasteiger partial charge on any atom is -0.294 e. The molecule has 0 aromatic heterocycles. The first-order chi connectivity index (χ1) is 6.15. The van der Waals surface area contributed by atoms with E-state index in [0.29, 0.717) is 11.8 Å². The minimum absolute atomic E-state index is 0.167. The third-order valence-electron chi connectivity index (χ3n) is 1.55. The van der Waals surface area contributed by atoms with Crippen LogP contribution in [0.4, 0.5) is 0 Å². The van der Waals surface area contributed by atoms with E-state index in [9.17, 15) is 4.79 Å². The van der Waals surface area contributed by atoms with Crippen LogP contribution in [-0.2, 0) is 0 Å². The second kappa shape index (κ2) is 5.46. The van der Waals surface area contributed by atoms with Gasteiger partial charge >= 0.3 is 0 Å². The summed E-state index contributed by atoms with van der Waals surface area (Å²) in [5, 5.41) is 0.713. The average Bonchev–Trinajstić information content (AvgIpc) is 2.04. The molecule has 0 atom stereocenters. The monoisotopic (exact) mass is 416 g/mol. The number of hydrogen-bond donors (Lipinski definition) is 0. The Kier molecular flexibility index (Phi) is 4.89. The van der Waals surface area contributed by atoms with Crippen molar-refractivity contribution in [2.24, 2.45) is 0 Å². The van der Waals surface area contributed by atoms with Gasteiger partial charge in [-0.25, -0.2) is 0 Å². The molecule has 1 aromatic carbocycles. The third-order valence-corrected chi connectivity index (χ3v) is 3.28. The van der Waals surface area contributed by atoms with E-state index in [4.69, 9.17) is 0 Å². The highest BCUT2D eigenvalue weighted by Gasteiger charge is 2.08. The Hall–Kier alpha value is 0.580. The zero-order valence-electron chi connectivity index (χ0n) is 6.69. The van der Waals surface area contributed by atoms with Crippen molar-refractivity contribution in [2.45, 2.75) is 6.42 Å². The Morgan fingerprint density at radius 3 is 2.69 bits per heavy atom. The number of carbonyl (C=O) groups excluding carboxylic acids is 1. The maximum absolute atomic E-state index is 11.5. The number of rotatable bonds is 3. The van der Waals surface area contributed by atoms with Gasteiger partial charge in [-0.3, -0.25) is 4.79 Å². The molecule has 0 heterocycles. The number of benzene rings is 1. The van der Waals surface area contributed by atoms with Crippen LogP contribution in [0.25, 0.3) is 0 Å². The molecule has 0 saturated carbocycles. The first kappa shape index (κ1) is 11.7. The molecule has 0 unspecified atom stereocenters. The quantitative estimate of drug-likeness (QED) is 0.412. The molecule has 0 aliphatic carbocycles. The molecule has 0 saturated heterocycles. The highest BCUT2D eigenvalue weighted by molar-refractivity contribution is 14.1. The molecule has 0 radical (unpaired) electrons. The summed E-state index contributed by atoms with van der Waals surface area (Å²) in [7, 11) is 0. The molecule has 1 rings (SSSR count). The molecular weight excluding hydrogens is 411 g/mol. The van der Waals surface area contributed by atoms with Gasteiger partial charge in [0, 0.05) is 25.4 Å². The van der Waals surface area contributed by atoms with E-state index in [-0.39, 0.29) is 5.78 Å². The summed E-state index contributed by atoms with van der Waals surface area (Å²) in [6.07, 6.45) is 0.541. The molecule has 0 fully saturated rings. The van der Waals surface area contributed by atoms with Crippen LogP contribution in [0, 0.1) is 3.57 Å². The van der Waals surface area contributed by atoms with Crippen molar-refractivity contribution in [1.82, 2.24) is 0 Å². The number of halogens is 3. The normalized spacial score (nSPS) is 10.1. The van der Waals surface area contributed by atoms with Gasteiger partial charge in [-0.15, -0.1) is 0 Å². The lowest BCUT2D eigenvalue weighted by atomic mass is 10.1. The lowest BCUT2D eigenvalue weighted by molar-refractivity contribution is 0.0989. The number of carbonyl (C=O) groups is 1. The lowest BCUT2D eigenvalue weighted by Crippen LogP contribution is -2.00. The van der Waals surface area contributed by atoms with E-state index in [1.165, 1.54) is 0 Å². The van der Waals surface area contributed by atoms with Crippen molar-refractivity contribution in [2.75, 3.05) is 5.33 Å². The van der Waals surface area contributed by atoms with Gasteiger partial charge in [-0.05, 0) is 40.8 Å². The number of alkyl halides is 1. The highest BCUT2D eigenvalue weighted by atomic mass is 127. The van der Waals surface area contributed by atoms with Crippen LogP contribution < -0.4 is 0 Å². The first-order valence-corrected chi connectivity index (χ1v) is 6.68. The van der Waals surface area contributed by atoms with E-state index in [1.807, 2.05) is 18.2 Å². The molecule has 4 heteroatoms. The Balaban J connectivity index is 2.95. The lowest BCUT2D eigenvalue weighted by Gasteiger charge is -2.02. The smallest absolute Gasteiger partial charge is 0.164 e. The predicted molar refractivity (Wildman–Crippen MR) is 69.6 cm³/mol. The highest BCUT2D eigenvalue weighted by Crippen LogP contribution is 2.21. The van der Waals surface area contributed by atoms with Crippen molar-refractivity contribution < 1.29 is 4.79 Å². The molecule has 0 aliphatic rings. The molecule has 1 aromatic rings. The van der Waals surface area contributed by atoms with Gasteiger partial charge in [0.05, 0.1) is 0 Å². The van der Waals surface area contributed by atoms with Gasteiger partial charge in [0.15, 0.2) is 5.78 Å². The summed E-state index contributed by atoms with van der Waals surface area (Å²) in [5.74, 6) is 0.167. The van der Waals surface area contributed by atoms with Crippen LogP contribution in [0.2, 0.25) is 0 Å². The summed E-state index contributed by atoms with van der Waals surface area (Å²) < 4.78 is 2.00. The fourth-order valence-electron chi connectivity index (χ4n) is 0.936. The van der Waals surface area contributed by atoms with E-state index in [0.717, 1.165) is 13.6 Å². The van der Waals surface area contributed by atoms with Gasteiger partial charge in [0.25, 0.3) is 0 Å². The molecule has 70 valence electrons. The molecule has 1 nitrogen and oxygen atoms in total. The predicted octanol–water partition coefficient (Wildman–Crippen LogP) is 4.02. The van der Waals surface area contributed by atoms with Crippen LogP contribution >= 0.6 is 54.5 Å². The number of Topliss-reactive ketones (excluding diaryl/α,β-unsaturated/α-hetero) is 1. The van der Waals surface area contributed by atoms with Gasteiger partial charge in [-0.1, -0.05) is 31.9 Å².